The molecule has 0 saturated carbocycles. The Morgan fingerprint density at radius 2 is 0.549 bits per heavy atom. The molecule has 4 nitrogen and oxygen atoms in total. The van der Waals surface area contributed by atoms with Crippen molar-refractivity contribution in [2.24, 2.45) is 10.8 Å². The van der Waals surface area contributed by atoms with E-state index in [1.165, 1.54) is 46.5 Å². The maximum absolute atomic E-state index is 14.5. The Bertz CT molecular complexity index is 3900. The van der Waals surface area contributed by atoms with Gasteiger partial charge in [-0.25, -0.2) is 17.6 Å². The number of fused-ring (bicyclic) bond motifs is 6. The fourth-order valence-corrected chi connectivity index (χ4v) is 13.5. The molecule has 9 heteroatoms. The molecule has 0 aliphatic rings. The van der Waals surface area contributed by atoms with Crippen molar-refractivity contribution < 1.29 is 50.7 Å². The number of rotatable bonds is 8. The third-order valence-corrected chi connectivity index (χ3v) is 17.5. The van der Waals surface area contributed by atoms with Gasteiger partial charge in [-0.2, -0.15) is 0 Å². The molecule has 2 aromatic heterocycles. The zero-order valence-corrected chi connectivity index (χ0v) is 62.5. The molecule has 8 aromatic carbocycles. The second-order valence-electron chi connectivity index (χ2n) is 33.4. The van der Waals surface area contributed by atoms with E-state index in [0.29, 0.717) is 33.6 Å². The summed E-state index contributed by atoms with van der Waals surface area (Å²) in [5, 5.41) is 28.5. The van der Waals surface area contributed by atoms with Crippen molar-refractivity contribution in [2.45, 2.75) is 207 Å². The summed E-state index contributed by atoms with van der Waals surface area (Å²) in [5.41, 5.74) is 12.7. The second-order valence-corrected chi connectivity index (χ2v) is 37.0. The van der Waals surface area contributed by atoms with Crippen LogP contribution in [-0.4, -0.2) is 19.3 Å². The number of aromatic nitrogens is 2. The van der Waals surface area contributed by atoms with Crippen LogP contribution in [0.2, 0.25) is 9.36 Å². The van der Waals surface area contributed by atoms with Gasteiger partial charge >= 0.3 is 32.3 Å². The van der Waals surface area contributed by atoms with E-state index in [9.17, 15) is 27.8 Å². The van der Waals surface area contributed by atoms with Crippen LogP contribution in [0.4, 0.5) is 17.6 Å². The number of phenolic OH excluding ortho intramolecular Hbond substituents is 2. The maximum atomic E-state index is 14.5. The first-order chi connectivity index (χ1) is 41.7. The molecule has 0 saturated heterocycles. The fraction of sp³-hybridized carbons (Fsp3) is 0.415. The molecule has 0 spiro atoms. The van der Waals surface area contributed by atoms with Crippen LogP contribution in [0.3, 0.4) is 0 Å². The summed E-state index contributed by atoms with van der Waals surface area (Å²) in [6.07, 6.45) is 1.75. The predicted octanol–water partition coefficient (Wildman–Crippen LogP) is 24.7. The van der Waals surface area contributed by atoms with E-state index in [-0.39, 0.29) is 77.7 Å². The molecular weight excluding hydrogens is 1300 g/mol. The first-order valence-electron chi connectivity index (χ1n) is 32.2. The third kappa shape index (κ3) is 15.5. The number of phenols is 2. The van der Waals surface area contributed by atoms with Gasteiger partial charge < -0.3 is 19.3 Å². The van der Waals surface area contributed by atoms with Gasteiger partial charge in [0.1, 0.15) is 34.8 Å². The molecule has 0 unspecified atom stereocenters. The van der Waals surface area contributed by atoms with E-state index in [2.05, 4.69) is 256 Å². The van der Waals surface area contributed by atoms with Gasteiger partial charge in [-0.05, 0) is 198 Å². The Morgan fingerprint density at radius 1 is 0.319 bits per heavy atom. The van der Waals surface area contributed by atoms with Crippen LogP contribution in [0.15, 0.2) is 133 Å². The number of nitrogens with zero attached hydrogens (tertiary/aromatic N) is 2. The number of hydrogen-bond acceptors (Lipinski definition) is 2. The van der Waals surface area contributed by atoms with E-state index >= 15 is 0 Å². The molecule has 0 fully saturated rings. The molecule has 10 aromatic rings. The Morgan fingerprint density at radius 3 is 0.758 bits per heavy atom. The van der Waals surface area contributed by atoms with Crippen molar-refractivity contribution in [1.29, 1.82) is 0 Å². The van der Waals surface area contributed by atoms with Crippen LogP contribution in [0.1, 0.15) is 199 Å². The second kappa shape index (κ2) is 25.1. The first kappa shape index (κ1) is 70.4. The van der Waals surface area contributed by atoms with Crippen molar-refractivity contribution in [3.8, 4) is 45.1 Å². The number of hydrogen-bond donors (Lipinski definition) is 2. The van der Waals surface area contributed by atoms with E-state index in [1.807, 2.05) is 12.1 Å². The summed E-state index contributed by atoms with van der Waals surface area (Å²) in [5.74, 6) is -2.74. The molecule has 0 bridgehead atoms. The van der Waals surface area contributed by atoms with Gasteiger partial charge in [0.05, 0.1) is 33.4 Å². The summed E-state index contributed by atoms with van der Waals surface area (Å²) in [4.78, 5) is 0. The molecule has 0 aliphatic heterocycles. The average molecular weight is 1400 g/mol. The SMILES string of the molecule is CC(C)(C)CC(C)(C)c1cc(-c2cc(F)cc(F)c2)c(O)c(-n2c3ccc(C(C)(C)C)cc3c3cc(C(C)(C)C)ccc32)c1.CC(C)(C)CC(C)(C)c1cc(-c2cc(F)cc(F)c2)c(O)c(-n2c3ccc(C(C)(C)C)cc3c3cc(C(C)(C)C)ccc32)c1.[CH3][Hf][CH3]. The molecular formula is C82H100F4HfN2O2. The van der Waals surface area contributed by atoms with Gasteiger partial charge in [-0.1, -0.05) is 177 Å². The van der Waals surface area contributed by atoms with Gasteiger partial charge in [0, 0.05) is 44.8 Å². The van der Waals surface area contributed by atoms with E-state index in [1.54, 1.807) is 0 Å². The summed E-state index contributed by atoms with van der Waals surface area (Å²) in [6.45, 7) is 48.6. The minimum atomic E-state index is -0.679. The molecule has 91 heavy (non-hydrogen) atoms. The third-order valence-electron chi connectivity index (χ3n) is 17.5. The fourth-order valence-electron chi connectivity index (χ4n) is 13.5. The van der Waals surface area contributed by atoms with Gasteiger partial charge in [-0.15, -0.1) is 0 Å². The number of halogens is 4. The monoisotopic (exact) mass is 1400 g/mol. The molecule has 0 amide bonds. The van der Waals surface area contributed by atoms with Crippen LogP contribution in [0, 0.1) is 34.1 Å². The molecule has 10 rings (SSSR count). The quantitative estimate of drug-likeness (QED) is 0.118. The van der Waals surface area contributed by atoms with Gasteiger partial charge in [-0.3, -0.25) is 0 Å². The Labute approximate surface area is 552 Å². The zero-order valence-electron chi connectivity index (χ0n) is 58.9. The van der Waals surface area contributed by atoms with E-state index < -0.39 is 23.3 Å². The minimum absolute atomic E-state index is 0.0103. The predicted molar refractivity (Wildman–Crippen MR) is 376 cm³/mol. The number of aromatic hydroxyl groups is 2. The van der Waals surface area contributed by atoms with Crippen LogP contribution >= 0.6 is 0 Å². The van der Waals surface area contributed by atoms with Crippen LogP contribution < -0.4 is 0 Å². The Balaban J connectivity index is 0.000000225. The summed E-state index contributed by atoms with van der Waals surface area (Å²) >= 11 is 0.0833. The summed E-state index contributed by atoms with van der Waals surface area (Å²) < 4.78 is 67.0. The molecule has 0 radical (unpaired) electrons. The van der Waals surface area contributed by atoms with Crippen molar-refractivity contribution in [3.05, 3.63) is 190 Å². The molecule has 0 aliphatic carbocycles. The van der Waals surface area contributed by atoms with Crippen molar-refractivity contribution in [3.63, 3.8) is 0 Å². The van der Waals surface area contributed by atoms with Gasteiger partial charge in [0.15, 0.2) is 0 Å². The van der Waals surface area contributed by atoms with Gasteiger partial charge in [0.2, 0.25) is 0 Å². The van der Waals surface area contributed by atoms with Gasteiger partial charge in [0.25, 0.3) is 0 Å². The van der Waals surface area contributed by atoms with Crippen LogP contribution in [0.25, 0.3) is 77.2 Å². The van der Waals surface area contributed by atoms with Crippen LogP contribution in [-0.2, 0) is 55.4 Å². The Kier molecular flexibility index (Phi) is 19.4. The summed E-state index contributed by atoms with van der Waals surface area (Å²) in [6, 6.07) is 41.1. The summed E-state index contributed by atoms with van der Waals surface area (Å²) in [7, 11) is 0. The number of benzene rings is 8. The molecule has 2 N–H and O–H groups in total. The molecule has 0 atom stereocenters. The molecule has 2 heterocycles. The normalized spacial score (nSPS) is 13.0. The average Bonchev–Trinajstić information content (AvgIpc) is 1.62. The molecule has 482 valence electrons. The zero-order chi connectivity index (χ0) is 67.8. The standard InChI is InChI=1S/2C40H47F2NO.2CH3.Hf/c2*1-37(2,3)23-40(10,11)27-20-30(24-16-28(41)22-29(42)17-24)36(44)35(21-27)43-33-14-12-25(38(4,5)6)18-31(33)32-19-26(39(7,8)9)13-15-34(32)43;;;/h2*12-22,44H,23H2,1-11H3;2*1H3;. The van der Waals surface area contributed by atoms with Crippen molar-refractivity contribution >= 4 is 43.6 Å². The van der Waals surface area contributed by atoms with Crippen molar-refractivity contribution in [2.75, 3.05) is 0 Å². The van der Waals surface area contributed by atoms with E-state index in [4.69, 9.17) is 0 Å². The van der Waals surface area contributed by atoms with Crippen molar-refractivity contribution in [1.82, 2.24) is 9.13 Å². The van der Waals surface area contributed by atoms with E-state index in [0.717, 1.165) is 79.7 Å². The Hall–Kier alpha value is -6.45. The first-order valence-corrected chi connectivity index (χ1v) is 39.4. The van der Waals surface area contributed by atoms with Crippen LogP contribution in [0.5, 0.6) is 11.5 Å². The topological polar surface area (TPSA) is 50.3 Å².